The first kappa shape index (κ1) is 38.3. The Morgan fingerprint density at radius 2 is 1.37 bits per heavy atom. The number of ether oxygens (including phenoxy) is 6. The summed E-state index contributed by atoms with van der Waals surface area (Å²) in [5.41, 5.74) is 2.57. The third-order valence-corrected chi connectivity index (χ3v) is 8.72. The third-order valence-electron chi connectivity index (χ3n) is 8.72. The molecule has 2 fully saturated rings. The average Bonchev–Trinajstić information content (AvgIpc) is 3.79. The number of aromatic nitrogens is 4. The third kappa shape index (κ3) is 11.0. The number of hydrogen-bond donors (Lipinski definition) is 0. The van der Waals surface area contributed by atoms with Crippen LogP contribution in [0, 0.1) is 0 Å². The van der Waals surface area contributed by atoms with Crippen LogP contribution in [0.2, 0.25) is 0 Å². The summed E-state index contributed by atoms with van der Waals surface area (Å²) in [4.78, 5) is 32.8. The molecule has 0 radical (unpaired) electrons. The van der Waals surface area contributed by atoms with Crippen LogP contribution in [0.3, 0.4) is 0 Å². The lowest BCUT2D eigenvalue weighted by Gasteiger charge is -2.23. The summed E-state index contributed by atoms with van der Waals surface area (Å²) in [5, 5.41) is 0. The normalized spacial score (nSPS) is 18.0. The van der Waals surface area contributed by atoms with E-state index in [-0.39, 0.29) is 36.9 Å². The van der Waals surface area contributed by atoms with E-state index in [9.17, 15) is 9.59 Å². The molecule has 2 aliphatic rings. The zero-order chi connectivity index (χ0) is 36.7. The summed E-state index contributed by atoms with van der Waals surface area (Å²) in [6, 6.07) is 15.4. The topological polar surface area (TPSA) is 125 Å². The minimum Gasteiger partial charge on any atom is -0.466 e. The number of carbonyl (C=O) groups excluding carboxylic acids is 2. The van der Waals surface area contributed by atoms with E-state index in [1.807, 2.05) is 91.1 Å². The van der Waals surface area contributed by atoms with Crippen LogP contribution in [0.15, 0.2) is 79.4 Å². The second-order valence-electron chi connectivity index (χ2n) is 12.6. The second-order valence-corrected chi connectivity index (χ2v) is 12.6. The Balaban J connectivity index is 0.000000201. The van der Waals surface area contributed by atoms with Crippen molar-refractivity contribution in [2.75, 3.05) is 26.4 Å². The van der Waals surface area contributed by atoms with Crippen molar-refractivity contribution in [3.63, 3.8) is 0 Å². The number of imidazole rings is 2. The van der Waals surface area contributed by atoms with Crippen molar-refractivity contribution >= 4 is 17.5 Å². The Kier molecular flexibility index (Phi) is 14.4. The van der Waals surface area contributed by atoms with Crippen LogP contribution in [-0.4, -0.2) is 70.0 Å². The average molecular weight is 715 g/mol. The van der Waals surface area contributed by atoms with Gasteiger partial charge in [0.1, 0.15) is 23.1 Å². The first-order valence-electron chi connectivity index (χ1n) is 18.1. The lowest BCUT2D eigenvalue weighted by molar-refractivity contribution is -0.143. The molecule has 2 aromatic heterocycles. The zero-order valence-corrected chi connectivity index (χ0v) is 30.6. The minimum atomic E-state index is -0.388. The van der Waals surface area contributed by atoms with Crippen molar-refractivity contribution in [2.24, 2.45) is 14.1 Å². The molecule has 0 N–H and O–H groups in total. The van der Waals surface area contributed by atoms with Crippen molar-refractivity contribution in [1.82, 2.24) is 19.1 Å². The molecule has 3 atom stereocenters. The number of nitrogens with zero attached hydrogens (tertiary/aromatic N) is 4. The first-order chi connectivity index (χ1) is 25.3. The summed E-state index contributed by atoms with van der Waals surface area (Å²) >= 11 is 0. The van der Waals surface area contributed by atoms with Crippen LogP contribution in [0.5, 0.6) is 11.5 Å². The molecule has 52 heavy (non-hydrogen) atoms. The molecule has 2 aliphatic heterocycles. The van der Waals surface area contributed by atoms with Crippen LogP contribution in [0.25, 0.3) is 5.57 Å². The molecule has 4 aromatic rings. The summed E-state index contributed by atoms with van der Waals surface area (Å²) in [7, 11) is 3.82. The quantitative estimate of drug-likeness (QED) is 0.109. The van der Waals surface area contributed by atoms with Gasteiger partial charge in [0.2, 0.25) is 0 Å². The fraction of sp³-hybridized carbons (Fsp3) is 0.450. The van der Waals surface area contributed by atoms with Crippen molar-refractivity contribution in [1.29, 1.82) is 0 Å². The van der Waals surface area contributed by atoms with Crippen molar-refractivity contribution in [3.05, 3.63) is 102 Å². The molecule has 4 heterocycles. The number of benzene rings is 2. The number of carbonyl (C=O) groups is 2. The molecule has 6 rings (SSSR count). The zero-order valence-electron chi connectivity index (χ0n) is 30.6. The van der Waals surface area contributed by atoms with E-state index in [0.717, 1.165) is 80.2 Å². The van der Waals surface area contributed by atoms with Gasteiger partial charge in [-0.3, -0.25) is 4.79 Å². The van der Waals surface area contributed by atoms with Crippen LogP contribution in [0.1, 0.15) is 87.5 Å². The first-order valence-corrected chi connectivity index (χ1v) is 18.1. The predicted molar refractivity (Wildman–Crippen MR) is 195 cm³/mol. The molecule has 0 spiro atoms. The molecule has 0 aliphatic carbocycles. The van der Waals surface area contributed by atoms with Crippen LogP contribution < -0.4 is 9.47 Å². The maximum Gasteiger partial charge on any atom is 0.331 e. The van der Waals surface area contributed by atoms with Crippen molar-refractivity contribution < 1.29 is 38.0 Å². The van der Waals surface area contributed by atoms with Crippen LogP contribution in [-0.2, 0) is 42.6 Å². The van der Waals surface area contributed by atoms with E-state index >= 15 is 0 Å². The monoisotopic (exact) mass is 714 g/mol. The highest BCUT2D eigenvalue weighted by molar-refractivity contribution is 5.95. The maximum atomic E-state index is 12.1. The van der Waals surface area contributed by atoms with Gasteiger partial charge in [-0.2, -0.15) is 0 Å². The molecule has 0 bridgehead atoms. The maximum absolute atomic E-state index is 12.1. The Morgan fingerprint density at radius 1 is 0.788 bits per heavy atom. The van der Waals surface area contributed by atoms with E-state index in [0.29, 0.717) is 24.6 Å². The van der Waals surface area contributed by atoms with Crippen LogP contribution in [0.4, 0.5) is 0 Å². The standard InChI is InChI=1S/C20H26N2O4.C20H24N2O4/c2*1-3-24-18(23)14-17(20-21-11-12-22(20)2)15-7-9-16(10-8-15)26-19-6-4-5-13-25-19/h7-12,17,19H,3-6,13-14H2,1-2H3;7-12,14,19H,3-6,13H2,1-2H3. The molecule has 0 amide bonds. The summed E-state index contributed by atoms with van der Waals surface area (Å²) in [6.07, 6.45) is 14.8. The van der Waals surface area contributed by atoms with E-state index in [1.54, 1.807) is 19.3 Å². The van der Waals surface area contributed by atoms with Gasteiger partial charge in [-0.1, -0.05) is 24.3 Å². The molecule has 2 aromatic carbocycles. The number of aryl methyl sites for hydroxylation is 2. The van der Waals surface area contributed by atoms with Gasteiger partial charge in [0, 0.05) is 63.4 Å². The number of rotatable bonds is 13. The molecule has 12 nitrogen and oxygen atoms in total. The Labute approximate surface area is 305 Å². The molecule has 0 saturated carbocycles. The highest BCUT2D eigenvalue weighted by Gasteiger charge is 2.23. The highest BCUT2D eigenvalue weighted by Crippen LogP contribution is 2.30. The molecular formula is C40H50N4O8. The van der Waals surface area contributed by atoms with E-state index < -0.39 is 0 Å². The second kappa shape index (κ2) is 19.6. The molecule has 3 unspecified atom stereocenters. The van der Waals surface area contributed by atoms with Gasteiger partial charge in [-0.25, -0.2) is 14.8 Å². The van der Waals surface area contributed by atoms with Gasteiger partial charge >= 0.3 is 11.9 Å². The van der Waals surface area contributed by atoms with E-state index in [1.165, 1.54) is 6.08 Å². The summed E-state index contributed by atoms with van der Waals surface area (Å²) < 4.78 is 37.0. The van der Waals surface area contributed by atoms with Crippen LogP contribution >= 0.6 is 0 Å². The molecule has 2 saturated heterocycles. The minimum absolute atomic E-state index is 0.158. The van der Waals surface area contributed by atoms with Crippen molar-refractivity contribution in [3.8, 4) is 11.5 Å². The smallest absolute Gasteiger partial charge is 0.331 e. The van der Waals surface area contributed by atoms with Gasteiger partial charge < -0.3 is 37.6 Å². The Bertz CT molecular complexity index is 1720. The van der Waals surface area contributed by atoms with Gasteiger partial charge in [-0.15, -0.1) is 0 Å². The molecule has 12 heteroatoms. The fourth-order valence-electron chi connectivity index (χ4n) is 6.07. The summed E-state index contributed by atoms with van der Waals surface area (Å²) in [6.45, 7) is 5.80. The lowest BCUT2D eigenvalue weighted by atomic mass is 9.94. The number of esters is 2. The number of hydrogen-bond acceptors (Lipinski definition) is 10. The largest absolute Gasteiger partial charge is 0.466 e. The van der Waals surface area contributed by atoms with Gasteiger partial charge in [0.05, 0.1) is 38.8 Å². The van der Waals surface area contributed by atoms with E-state index in [4.69, 9.17) is 28.4 Å². The molecular weight excluding hydrogens is 664 g/mol. The van der Waals surface area contributed by atoms with Gasteiger partial charge in [-0.05, 0) is 74.9 Å². The summed E-state index contributed by atoms with van der Waals surface area (Å²) in [5.74, 6) is 2.28. The Morgan fingerprint density at radius 3 is 1.87 bits per heavy atom. The van der Waals surface area contributed by atoms with E-state index in [2.05, 4.69) is 9.97 Å². The van der Waals surface area contributed by atoms with Gasteiger partial charge in [0.25, 0.3) is 0 Å². The van der Waals surface area contributed by atoms with Crippen molar-refractivity contribution in [2.45, 2.75) is 77.3 Å². The lowest BCUT2D eigenvalue weighted by Crippen LogP contribution is -2.24. The Hall–Kier alpha value is -4.94. The highest BCUT2D eigenvalue weighted by atomic mass is 16.7. The predicted octanol–water partition coefficient (Wildman–Crippen LogP) is 6.73. The fourth-order valence-corrected chi connectivity index (χ4v) is 6.07. The SMILES string of the molecule is CCOC(=O)C=C(c1ccc(OC2CCCCO2)cc1)c1nccn1C.CCOC(=O)CC(c1ccc(OC2CCCCO2)cc1)c1nccn1C. The van der Waals surface area contributed by atoms with Gasteiger partial charge in [0.15, 0.2) is 12.6 Å². The molecule has 278 valence electrons.